The molecule has 4 fully saturated rings. The Morgan fingerprint density at radius 3 is 2.41 bits per heavy atom. The van der Waals surface area contributed by atoms with Crippen molar-refractivity contribution in [1.82, 2.24) is 0 Å². The second kappa shape index (κ2) is 5.27. The Bertz CT molecular complexity index is 249. The number of fused-ring (bicyclic) bond motifs is 9. The topological polar surface area (TPSA) is 18.5 Å². The highest BCUT2D eigenvalue weighted by molar-refractivity contribution is 4.89. The summed E-state index contributed by atoms with van der Waals surface area (Å²) in [6.07, 6.45) is 15.1. The van der Waals surface area contributed by atoms with Gasteiger partial charge in [0.15, 0.2) is 5.79 Å². The molecule has 0 aromatic rings. The van der Waals surface area contributed by atoms with Crippen molar-refractivity contribution in [2.24, 2.45) is 5.92 Å². The summed E-state index contributed by atoms with van der Waals surface area (Å²) < 4.78 is 12.4. The average molecular weight is 238 g/mol. The molecule has 17 heavy (non-hydrogen) atoms. The molecule has 3 atom stereocenters. The Labute approximate surface area is 105 Å². The molecule has 4 heterocycles. The molecule has 0 aromatic carbocycles. The van der Waals surface area contributed by atoms with Crippen LogP contribution in [0.2, 0.25) is 0 Å². The van der Waals surface area contributed by atoms with Crippen LogP contribution in [-0.4, -0.2) is 18.5 Å². The van der Waals surface area contributed by atoms with E-state index >= 15 is 0 Å². The fraction of sp³-hybridized carbons (Fsp3) is 1.00. The summed E-state index contributed by atoms with van der Waals surface area (Å²) >= 11 is 0. The minimum atomic E-state index is -0.158. The fourth-order valence-corrected chi connectivity index (χ4v) is 3.77. The molecule has 1 unspecified atom stereocenters. The standard InChI is InChI=1S/C15H26O2/c1-2-4-6-8-13-12-16-15(10-7-5-3-1)11-9-14(13)17-15/h13-14H,1-12H2/t13-,14?,15+/m1/s1. The van der Waals surface area contributed by atoms with Crippen LogP contribution in [0.15, 0.2) is 0 Å². The van der Waals surface area contributed by atoms with Gasteiger partial charge in [-0.3, -0.25) is 0 Å². The van der Waals surface area contributed by atoms with Crippen molar-refractivity contribution >= 4 is 0 Å². The number of ether oxygens (including phenoxy) is 2. The molecule has 3 bridgehead atoms. The molecule has 1 spiro atoms. The summed E-state index contributed by atoms with van der Waals surface area (Å²) in [6.45, 7) is 0.963. The monoisotopic (exact) mass is 238 g/mol. The molecule has 98 valence electrons. The summed E-state index contributed by atoms with van der Waals surface area (Å²) in [6, 6.07) is 0. The Balaban J connectivity index is 1.64. The molecule has 0 amide bonds. The molecule has 2 nitrogen and oxygen atoms in total. The van der Waals surface area contributed by atoms with Crippen molar-refractivity contribution < 1.29 is 9.47 Å². The van der Waals surface area contributed by atoms with Crippen LogP contribution in [0.3, 0.4) is 0 Å². The Kier molecular flexibility index (Phi) is 3.72. The van der Waals surface area contributed by atoms with E-state index in [9.17, 15) is 0 Å². The lowest BCUT2D eigenvalue weighted by Crippen LogP contribution is -2.42. The third kappa shape index (κ3) is 2.68. The zero-order valence-electron chi connectivity index (χ0n) is 11.0. The first-order valence-electron chi connectivity index (χ1n) is 7.70. The van der Waals surface area contributed by atoms with Crippen LogP contribution >= 0.6 is 0 Å². The van der Waals surface area contributed by atoms with Gasteiger partial charge in [-0.25, -0.2) is 0 Å². The van der Waals surface area contributed by atoms with E-state index in [1.165, 1.54) is 57.8 Å². The fourth-order valence-electron chi connectivity index (χ4n) is 3.77. The van der Waals surface area contributed by atoms with E-state index in [1.54, 1.807) is 0 Å². The van der Waals surface area contributed by atoms with Crippen molar-refractivity contribution in [2.45, 2.75) is 82.5 Å². The predicted octanol–water partition coefficient (Wildman–Crippen LogP) is 4.03. The van der Waals surface area contributed by atoms with E-state index in [0.717, 1.165) is 19.4 Å². The van der Waals surface area contributed by atoms with Gasteiger partial charge in [0.05, 0.1) is 12.7 Å². The van der Waals surface area contributed by atoms with Crippen LogP contribution in [0.4, 0.5) is 0 Å². The molecular weight excluding hydrogens is 212 g/mol. The predicted molar refractivity (Wildman–Crippen MR) is 67.8 cm³/mol. The normalized spacial score (nSPS) is 43.8. The van der Waals surface area contributed by atoms with Crippen LogP contribution in [0.1, 0.15) is 70.6 Å². The third-order valence-electron chi connectivity index (χ3n) is 4.89. The molecule has 4 aliphatic heterocycles. The van der Waals surface area contributed by atoms with Gasteiger partial charge in [-0.1, -0.05) is 38.5 Å². The molecule has 0 aliphatic carbocycles. The molecule has 4 aliphatic rings. The van der Waals surface area contributed by atoms with Gasteiger partial charge in [-0.2, -0.15) is 0 Å². The van der Waals surface area contributed by atoms with Crippen LogP contribution in [-0.2, 0) is 9.47 Å². The molecule has 4 rings (SSSR count). The van der Waals surface area contributed by atoms with Crippen LogP contribution in [0.25, 0.3) is 0 Å². The SMILES string of the molecule is C1CCCC[C@@H]2CO[C@]3(CCCC1)CCC2O3. The second-order valence-electron chi connectivity index (χ2n) is 6.19. The lowest BCUT2D eigenvalue weighted by atomic mass is 9.94. The van der Waals surface area contributed by atoms with Gasteiger partial charge in [0.2, 0.25) is 0 Å². The number of rotatable bonds is 0. The van der Waals surface area contributed by atoms with Crippen molar-refractivity contribution in [3.8, 4) is 0 Å². The van der Waals surface area contributed by atoms with Crippen molar-refractivity contribution in [1.29, 1.82) is 0 Å². The summed E-state index contributed by atoms with van der Waals surface area (Å²) in [5, 5.41) is 0. The van der Waals surface area contributed by atoms with Crippen LogP contribution in [0.5, 0.6) is 0 Å². The van der Waals surface area contributed by atoms with Crippen molar-refractivity contribution in [3.05, 3.63) is 0 Å². The second-order valence-corrected chi connectivity index (χ2v) is 6.19. The van der Waals surface area contributed by atoms with Gasteiger partial charge in [0, 0.05) is 18.8 Å². The first-order valence-corrected chi connectivity index (χ1v) is 7.70. The Hall–Kier alpha value is -0.0800. The maximum Gasteiger partial charge on any atom is 0.168 e. The maximum atomic E-state index is 6.24. The Morgan fingerprint density at radius 2 is 1.53 bits per heavy atom. The summed E-state index contributed by atoms with van der Waals surface area (Å²) in [5.41, 5.74) is 0. The van der Waals surface area contributed by atoms with E-state index in [2.05, 4.69) is 0 Å². The minimum absolute atomic E-state index is 0.158. The molecule has 0 radical (unpaired) electrons. The van der Waals surface area contributed by atoms with E-state index in [4.69, 9.17) is 9.47 Å². The van der Waals surface area contributed by atoms with E-state index in [1.807, 2.05) is 0 Å². The van der Waals surface area contributed by atoms with E-state index in [-0.39, 0.29) is 5.79 Å². The van der Waals surface area contributed by atoms with Gasteiger partial charge in [0.1, 0.15) is 0 Å². The molecule has 0 aromatic heterocycles. The number of hydrogen-bond donors (Lipinski definition) is 0. The maximum absolute atomic E-state index is 6.24. The van der Waals surface area contributed by atoms with Gasteiger partial charge < -0.3 is 9.47 Å². The van der Waals surface area contributed by atoms with E-state index in [0.29, 0.717) is 12.0 Å². The van der Waals surface area contributed by atoms with Crippen LogP contribution < -0.4 is 0 Å². The highest BCUT2D eigenvalue weighted by atomic mass is 16.7. The zero-order chi connectivity index (χ0) is 11.6. The molecular formula is C15H26O2. The highest BCUT2D eigenvalue weighted by Crippen LogP contribution is 2.44. The quantitative estimate of drug-likeness (QED) is 0.634. The van der Waals surface area contributed by atoms with Crippen molar-refractivity contribution in [2.75, 3.05) is 6.61 Å². The summed E-state index contributed by atoms with van der Waals surface area (Å²) in [5.74, 6) is 0.529. The minimum Gasteiger partial charge on any atom is -0.350 e. The average Bonchev–Trinajstić information content (AvgIpc) is 2.70. The largest absolute Gasteiger partial charge is 0.350 e. The summed E-state index contributed by atoms with van der Waals surface area (Å²) in [4.78, 5) is 0. The van der Waals surface area contributed by atoms with Crippen LogP contribution in [0, 0.1) is 5.92 Å². The summed E-state index contributed by atoms with van der Waals surface area (Å²) in [7, 11) is 0. The lowest BCUT2D eigenvalue weighted by molar-refractivity contribution is -0.281. The molecule has 4 saturated heterocycles. The van der Waals surface area contributed by atoms with Gasteiger partial charge in [-0.15, -0.1) is 0 Å². The smallest absolute Gasteiger partial charge is 0.168 e. The van der Waals surface area contributed by atoms with Gasteiger partial charge in [0.25, 0.3) is 0 Å². The van der Waals surface area contributed by atoms with Gasteiger partial charge >= 0.3 is 0 Å². The first kappa shape index (κ1) is 12.0. The van der Waals surface area contributed by atoms with E-state index < -0.39 is 0 Å². The first-order chi connectivity index (χ1) is 8.38. The lowest BCUT2D eigenvalue weighted by Gasteiger charge is -2.38. The molecule has 0 N–H and O–H groups in total. The highest BCUT2D eigenvalue weighted by Gasteiger charge is 2.47. The molecule has 0 saturated carbocycles. The number of hydrogen-bond acceptors (Lipinski definition) is 2. The molecule has 2 heteroatoms. The van der Waals surface area contributed by atoms with Gasteiger partial charge in [-0.05, 0) is 19.3 Å². The Morgan fingerprint density at radius 1 is 0.765 bits per heavy atom. The third-order valence-corrected chi connectivity index (χ3v) is 4.89. The van der Waals surface area contributed by atoms with Crippen molar-refractivity contribution in [3.63, 3.8) is 0 Å². The zero-order valence-corrected chi connectivity index (χ0v) is 11.0.